The summed E-state index contributed by atoms with van der Waals surface area (Å²) < 4.78 is 2.48. The second-order valence-electron chi connectivity index (χ2n) is 18.4. The molecular formula is C53H68N3O4-3. The number of hydrogen-bond donors (Lipinski definition) is 0. The van der Waals surface area contributed by atoms with Gasteiger partial charge in [0.25, 0.3) is 11.8 Å². The van der Waals surface area contributed by atoms with Gasteiger partial charge in [-0.1, -0.05) is 61.6 Å². The summed E-state index contributed by atoms with van der Waals surface area (Å²) in [6.07, 6.45) is 21.1. The zero-order valence-corrected chi connectivity index (χ0v) is 37.2. The third-order valence-corrected chi connectivity index (χ3v) is 13.3. The molecule has 0 aromatic heterocycles. The summed E-state index contributed by atoms with van der Waals surface area (Å²) in [4.78, 5) is 45.6. The molecule has 2 aromatic rings. The number of nitrogens with zero attached hydrogens (tertiary/aromatic N) is 3. The zero-order chi connectivity index (χ0) is 43.2. The van der Waals surface area contributed by atoms with Crippen LogP contribution in [0.4, 0.5) is 5.69 Å². The lowest BCUT2D eigenvalue weighted by Gasteiger charge is -2.38. The van der Waals surface area contributed by atoms with Crippen LogP contribution >= 0.6 is 0 Å². The third-order valence-electron chi connectivity index (χ3n) is 13.3. The average Bonchev–Trinajstić information content (AvgIpc) is 3.65. The van der Waals surface area contributed by atoms with Gasteiger partial charge in [0.1, 0.15) is 6.54 Å². The standard InChI is InChI=1S/C53H68N3O4/c1-10-12-14-15-19-43(52(6,7)44-35-37(3)20-22-39(44)5)25-23-40-17-16-18-41(24-27-47-53(8,9)45-36-38(4)21-26-46(45)55(47)32-13-11-2)50(40)54-33-30-42(31-34-54)51(59)60-56-48(57)28-29-49(56)58/h20-27,35-36,42H,1-4,10-19,28-34H2,5-9H3/q-3/b40-23+,43-25+. The van der Waals surface area contributed by atoms with Crippen LogP contribution in [0.3, 0.4) is 0 Å². The lowest BCUT2D eigenvalue weighted by molar-refractivity contribution is -0.438. The van der Waals surface area contributed by atoms with Gasteiger partial charge in [0.05, 0.1) is 11.3 Å². The van der Waals surface area contributed by atoms with E-state index in [0.717, 1.165) is 81.9 Å². The van der Waals surface area contributed by atoms with E-state index < -0.39 is 17.8 Å². The molecule has 0 radical (unpaired) electrons. The minimum absolute atomic E-state index is 0.0856. The number of carbonyl (C=O) groups is 3. The van der Waals surface area contributed by atoms with Crippen LogP contribution in [0.25, 0.3) is 0 Å². The number of carbonyl (C=O) groups excluding carboxylic acids is 3. The summed E-state index contributed by atoms with van der Waals surface area (Å²) in [6.45, 7) is 30.6. The van der Waals surface area contributed by atoms with Crippen LogP contribution in [0.5, 0.6) is 0 Å². The number of amides is 2. The number of aryl methyl sites for hydroxylation is 1. The van der Waals surface area contributed by atoms with Gasteiger partial charge in [-0.3, -0.25) is 9.59 Å². The molecule has 7 heteroatoms. The molecule has 6 rings (SSSR count). The average molecular weight is 811 g/mol. The number of fused-ring (bicyclic) bond motifs is 1. The van der Waals surface area contributed by atoms with E-state index >= 15 is 0 Å². The Kier molecular flexibility index (Phi) is 14.4. The number of likely N-dealkylation sites (tertiary alicyclic amines) is 1. The van der Waals surface area contributed by atoms with Crippen molar-refractivity contribution in [3.8, 4) is 0 Å². The highest BCUT2D eigenvalue weighted by Gasteiger charge is 2.42. The number of unbranched alkanes of at least 4 members (excludes halogenated alkanes) is 4. The predicted molar refractivity (Wildman–Crippen MR) is 243 cm³/mol. The topological polar surface area (TPSA) is 69.9 Å². The molecule has 2 fully saturated rings. The molecule has 322 valence electrons. The highest BCUT2D eigenvalue weighted by atomic mass is 16.7. The van der Waals surface area contributed by atoms with E-state index in [0.29, 0.717) is 31.0 Å². The molecule has 7 nitrogen and oxygen atoms in total. The molecule has 0 unspecified atom stereocenters. The first-order chi connectivity index (χ1) is 28.7. The van der Waals surface area contributed by atoms with Gasteiger partial charge >= 0.3 is 5.97 Å². The fourth-order valence-electron chi connectivity index (χ4n) is 9.71. The summed E-state index contributed by atoms with van der Waals surface area (Å²) in [5.41, 5.74) is 13.4. The molecule has 0 spiro atoms. The Hall–Kier alpha value is -4.78. The fraction of sp³-hybridized carbons (Fsp3) is 0.472. The molecule has 2 saturated heterocycles. The Morgan fingerprint density at radius 3 is 2.28 bits per heavy atom. The minimum Gasteiger partial charge on any atom is -0.371 e. The van der Waals surface area contributed by atoms with Gasteiger partial charge < -0.3 is 23.6 Å². The molecular weight excluding hydrogens is 743 g/mol. The molecule has 0 atom stereocenters. The number of piperidine rings is 1. The summed E-state index contributed by atoms with van der Waals surface area (Å²) in [7, 11) is 0. The third kappa shape index (κ3) is 9.72. The van der Waals surface area contributed by atoms with Crippen molar-refractivity contribution in [1.82, 2.24) is 9.96 Å². The number of allylic oxidation sites excluding steroid dienone is 7. The largest absolute Gasteiger partial charge is 0.371 e. The number of benzene rings is 2. The SMILES string of the molecule is [CH2-]CCCCC/C(=C\C=C1/CCCC(/C=C/C2=[N+](CCC[CH2-])c3ccc([CH2-])cc3C2(C)C)=C1N1CCC(C(=O)ON2C(=O)CCC2=O)CC1)C(C)(C)c1cc([CH2-])ccc1C. The van der Waals surface area contributed by atoms with Crippen LogP contribution in [0, 0.1) is 40.5 Å². The Morgan fingerprint density at radius 1 is 0.900 bits per heavy atom. The normalized spacial score (nSPS) is 19.7. The number of hydroxylamine groups is 2. The summed E-state index contributed by atoms with van der Waals surface area (Å²) in [5, 5.41) is 0.681. The van der Waals surface area contributed by atoms with Gasteiger partial charge in [-0.15, -0.1) is 11.1 Å². The van der Waals surface area contributed by atoms with Gasteiger partial charge in [0.2, 0.25) is 0 Å². The number of rotatable bonds is 16. The maximum Gasteiger partial charge on any atom is 0.336 e. The minimum atomic E-state index is -0.491. The van der Waals surface area contributed by atoms with Crippen LogP contribution in [-0.4, -0.2) is 57.7 Å². The smallest absolute Gasteiger partial charge is 0.336 e. The van der Waals surface area contributed by atoms with Crippen molar-refractivity contribution in [2.24, 2.45) is 5.92 Å². The van der Waals surface area contributed by atoms with Gasteiger partial charge in [0, 0.05) is 37.7 Å². The van der Waals surface area contributed by atoms with E-state index in [9.17, 15) is 14.4 Å². The van der Waals surface area contributed by atoms with E-state index in [1.54, 1.807) is 0 Å². The highest BCUT2D eigenvalue weighted by Crippen LogP contribution is 2.43. The Labute approximate surface area is 361 Å². The molecule has 60 heavy (non-hydrogen) atoms. The molecule has 0 N–H and O–H groups in total. The molecule has 2 aromatic carbocycles. The highest BCUT2D eigenvalue weighted by molar-refractivity contribution is 6.03. The molecule has 4 aliphatic rings. The van der Waals surface area contributed by atoms with Crippen LogP contribution in [0.15, 0.2) is 83.1 Å². The van der Waals surface area contributed by atoms with E-state index in [1.165, 1.54) is 50.5 Å². The van der Waals surface area contributed by atoms with Gasteiger partial charge in [-0.25, -0.2) is 4.79 Å². The van der Waals surface area contributed by atoms with E-state index in [1.807, 2.05) is 0 Å². The Bertz CT molecular complexity index is 2090. The van der Waals surface area contributed by atoms with Crippen LogP contribution in [0.1, 0.15) is 145 Å². The van der Waals surface area contributed by atoms with Crippen LogP contribution < -0.4 is 0 Å². The summed E-state index contributed by atoms with van der Waals surface area (Å²) in [6, 6.07) is 13.1. The van der Waals surface area contributed by atoms with Crippen molar-refractivity contribution in [3.05, 3.63) is 139 Å². The predicted octanol–water partition coefficient (Wildman–Crippen LogP) is 11.3. The van der Waals surface area contributed by atoms with Crippen molar-refractivity contribution in [1.29, 1.82) is 0 Å². The second kappa shape index (κ2) is 19.3. The van der Waals surface area contributed by atoms with Crippen molar-refractivity contribution < 1.29 is 23.8 Å². The Morgan fingerprint density at radius 2 is 1.58 bits per heavy atom. The van der Waals surface area contributed by atoms with Crippen LogP contribution in [-0.2, 0) is 30.1 Å². The van der Waals surface area contributed by atoms with Crippen molar-refractivity contribution in [3.63, 3.8) is 0 Å². The first-order valence-corrected chi connectivity index (χ1v) is 22.4. The van der Waals surface area contributed by atoms with E-state index in [2.05, 4.69) is 132 Å². The molecule has 2 amide bonds. The number of imide groups is 1. The fourth-order valence-corrected chi connectivity index (χ4v) is 9.71. The van der Waals surface area contributed by atoms with E-state index in [4.69, 9.17) is 4.84 Å². The monoisotopic (exact) mass is 811 g/mol. The second-order valence-corrected chi connectivity index (χ2v) is 18.4. The first-order valence-electron chi connectivity index (χ1n) is 22.4. The maximum atomic E-state index is 13.3. The first kappa shape index (κ1) is 44.8. The zero-order valence-electron chi connectivity index (χ0n) is 37.2. The van der Waals surface area contributed by atoms with Crippen molar-refractivity contribution >= 4 is 29.2 Å². The summed E-state index contributed by atoms with van der Waals surface area (Å²) >= 11 is 0. The summed E-state index contributed by atoms with van der Waals surface area (Å²) in [5.74, 6) is -1.77. The molecule has 3 heterocycles. The van der Waals surface area contributed by atoms with Crippen molar-refractivity contribution in [2.45, 2.75) is 135 Å². The lowest BCUT2D eigenvalue weighted by Crippen LogP contribution is -2.40. The lowest BCUT2D eigenvalue weighted by atomic mass is 9.73. The van der Waals surface area contributed by atoms with Crippen LogP contribution in [0.2, 0.25) is 0 Å². The van der Waals surface area contributed by atoms with Gasteiger partial charge in [-0.2, -0.15) is 66.7 Å². The molecule has 1 aliphatic carbocycles. The van der Waals surface area contributed by atoms with Gasteiger partial charge in [0.15, 0.2) is 11.4 Å². The molecule has 3 aliphatic heterocycles. The number of hydrogen-bond acceptors (Lipinski definition) is 5. The molecule has 0 bridgehead atoms. The van der Waals surface area contributed by atoms with Crippen molar-refractivity contribution in [2.75, 3.05) is 19.6 Å². The van der Waals surface area contributed by atoms with Gasteiger partial charge in [-0.05, 0) is 100 Å². The van der Waals surface area contributed by atoms with E-state index in [-0.39, 0.29) is 29.6 Å². The Balaban J connectivity index is 1.40. The molecule has 0 saturated carbocycles. The quantitative estimate of drug-likeness (QED) is 0.0731. The maximum absolute atomic E-state index is 13.3.